The van der Waals surface area contributed by atoms with E-state index in [1.165, 1.54) is 12.1 Å². The molecule has 0 spiro atoms. The standard InChI is InChI=1S/C19H18N4O5/c1-22(11-13-2-7-16-17(10-13)27-9-8-26-16)12-18-20-19(21-28-18)14-3-5-15(6-4-14)23(24)25/h2-7,10H,8-9,11-12H2,1H3. The molecule has 0 amide bonds. The van der Waals surface area contributed by atoms with Gasteiger partial charge in [0.05, 0.1) is 11.5 Å². The molecule has 144 valence electrons. The monoisotopic (exact) mass is 382 g/mol. The van der Waals surface area contributed by atoms with Gasteiger partial charge in [0.25, 0.3) is 5.69 Å². The SMILES string of the molecule is CN(Cc1ccc2c(c1)OCCO2)Cc1nc(-c2ccc([N+](=O)[O-])cc2)no1. The molecule has 1 aliphatic heterocycles. The summed E-state index contributed by atoms with van der Waals surface area (Å²) in [4.78, 5) is 16.7. The van der Waals surface area contributed by atoms with Gasteiger partial charge in [0.1, 0.15) is 13.2 Å². The third-order valence-electron chi connectivity index (χ3n) is 4.27. The normalized spacial score (nSPS) is 12.9. The Morgan fingerprint density at radius 3 is 2.57 bits per heavy atom. The van der Waals surface area contributed by atoms with Crippen LogP contribution >= 0.6 is 0 Å². The molecule has 9 nitrogen and oxygen atoms in total. The Hall–Kier alpha value is -3.46. The van der Waals surface area contributed by atoms with E-state index < -0.39 is 4.92 Å². The second kappa shape index (κ2) is 7.65. The van der Waals surface area contributed by atoms with Gasteiger partial charge in [-0.15, -0.1) is 0 Å². The molecule has 0 radical (unpaired) electrons. The van der Waals surface area contributed by atoms with Gasteiger partial charge in [-0.1, -0.05) is 11.2 Å². The van der Waals surface area contributed by atoms with Gasteiger partial charge in [-0.2, -0.15) is 4.98 Å². The Bertz CT molecular complexity index is 986. The van der Waals surface area contributed by atoms with Gasteiger partial charge in [-0.3, -0.25) is 15.0 Å². The van der Waals surface area contributed by atoms with Crippen LogP contribution in [0, 0.1) is 10.1 Å². The van der Waals surface area contributed by atoms with Crippen LogP contribution in [0.2, 0.25) is 0 Å². The Kier molecular flexibility index (Phi) is 4.90. The molecule has 28 heavy (non-hydrogen) atoms. The van der Waals surface area contributed by atoms with Crippen LogP contribution in [0.3, 0.4) is 0 Å². The van der Waals surface area contributed by atoms with E-state index in [1.807, 2.05) is 30.1 Å². The molecular weight excluding hydrogens is 364 g/mol. The smallest absolute Gasteiger partial charge is 0.269 e. The Morgan fingerprint density at radius 1 is 1.07 bits per heavy atom. The molecule has 0 bridgehead atoms. The van der Waals surface area contributed by atoms with E-state index in [0.717, 1.165) is 17.1 Å². The van der Waals surface area contributed by atoms with Crippen LogP contribution in [-0.4, -0.2) is 40.2 Å². The molecule has 3 aromatic rings. The maximum atomic E-state index is 10.7. The Balaban J connectivity index is 1.40. The van der Waals surface area contributed by atoms with Crippen LogP contribution in [-0.2, 0) is 13.1 Å². The summed E-state index contributed by atoms with van der Waals surface area (Å²) >= 11 is 0. The molecule has 0 atom stereocenters. The number of nitro benzene ring substituents is 1. The molecule has 0 saturated heterocycles. The zero-order valence-electron chi connectivity index (χ0n) is 15.2. The first-order valence-corrected chi connectivity index (χ1v) is 8.73. The third kappa shape index (κ3) is 3.94. The Morgan fingerprint density at radius 2 is 1.82 bits per heavy atom. The van der Waals surface area contributed by atoms with Crippen LogP contribution < -0.4 is 9.47 Å². The zero-order valence-corrected chi connectivity index (χ0v) is 15.2. The lowest BCUT2D eigenvalue weighted by molar-refractivity contribution is -0.384. The number of ether oxygens (including phenoxy) is 2. The molecule has 0 unspecified atom stereocenters. The van der Waals surface area contributed by atoms with Gasteiger partial charge in [0.2, 0.25) is 11.7 Å². The maximum absolute atomic E-state index is 10.7. The summed E-state index contributed by atoms with van der Waals surface area (Å²) in [6.45, 7) is 2.26. The van der Waals surface area contributed by atoms with E-state index in [4.69, 9.17) is 14.0 Å². The van der Waals surface area contributed by atoms with Gasteiger partial charge in [0, 0.05) is 24.2 Å². The highest BCUT2D eigenvalue weighted by Crippen LogP contribution is 2.31. The average Bonchev–Trinajstić information content (AvgIpc) is 3.16. The summed E-state index contributed by atoms with van der Waals surface area (Å²) in [6, 6.07) is 11.9. The third-order valence-corrected chi connectivity index (χ3v) is 4.27. The minimum absolute atomic E-state index is 0.0200. The van der Waals surface area contributed by atoms with E-state index in [0.29, 0.717) is 43.6 Å². The largest absolute Gasteiger partial charge is 0.486 e. The molecular formula is C19H18N4O5. The summed E-state index contributed by atoms with van der Waals surface area (Å²) in [5.74, 6) is 2.39. The molecule has 0 N–H and O–H groups in total. The van der Waals surface area contributed by atoms with Crippen LogP contribution in [0.25, 0.3) is 11.4 Å². The van der Waals surface area contributed by atoms with Crippen molar-refractivity contribution in [3.05, 3.63) is 64.0 Å². The van der Waals surface area contributed by atoms with E-state index in [-0.39, 0.29) is 5.69 Å². The van der Waals surface area contributed by atoms with E-state index in [9.17, 15) is 10.1 Å². The van der Waals surface area contributed by atoms with Crippen molar-refractivity contribution in [2.45, 2.75) is 13.1 Å². The van der Waals surface area contributed by atoms with Gasteiger partial charge in [-0.05, 0) is 36.9 Å². The molecule has 0 fully saturated rings. The van der Waals surface area contributed by atoms with Crippen molar-refractivity contribution in [3.63, 3.8) is 0 Å². The highest BCUT2D eigenvalue weighted by molar-refractivity contribution is 5.56. The molecule has 0 saturated carbocycles. The van der Waals surface area contributed by atoms with Gasteiger partial charge < -0.3 is 14.0 Å². The Labute approximate surface area is 160 Å². The predicted molar refractivity (Wildman–Crippen MR) is 99.0 cm³/mol. The fourth-order valence-corrected chi connectivity index (χ4v) is 2.95. The molecule has 9 heteroatoms. The number of non-ortho nitro benzene ring substituents is 1. The molecule has 2 heterocycles. The summed E-state index contributed by atoms with van der Waals surface area (Å²) in [6.07, 6.45) is 0. The van der Waals surface area contributed by atoms with Crippen molar-refractivity contribution >= 4 is 5.69 Å². The highest BCUT2D eigenvalue weighted by Gasteiger charge is 2.15. The summed E-state index contributed by atoms with van der Waals surface area (Å²) in [7, 11) is 1.95. The minimum atomic E-state index is -0.446. The second-order valence-corrected chi connectivity index (χ2v) is 6.47. The zero-order chi connectivity index (χ0) is 19.5. The average molecular weight is 382 g/mol. The number of aromatic nitrogens is 2. The van der Waals surface area contributed by atoms with Gasteiger partial charge in [-0.25, -0.2) is 0 Å². The molecule has 4 rings (SSSR count). The highest BCUT2D eigenvalue weighted by atomic mass is 16.6. The first kappa shape index (κ1) is 17.9. The summed E-state index contributed by atoms with van der Waals surface area (Å²) in [5.41, 5.74) is 1.77. The van der Waals surface area contributed by atoms with Gasteiger partial charge in [0.15, 0.2) is 11.5 Å². The number of hydrogen-bond donors (Lipinski definition) is 0. The predicted octanol–water partition coefficient (Wildman–Crippen LogP) is 3.05. The number of hydrogen-bond acceptors (Lipinski definition) is 8. The van der Waals surface area contributed by atoms with Crippen LogP contribution in [0.4, 0.5) is 5.69 Å². The molecule has 1 aliphatic rings. The lowest BCUT2D eigenvalue weighted by Gasteiger charge is -2.20. The summed E-state index contributed by atoms with van der Waals surface area (Å²) < 4.78 is 16.5. The fraction of sp³-hybridized carbons (Fsp3) is 0.263. The van der Waals surface area contributed by atoms with Crippen molar-refractivity contribution in [2.75, 3.05) is 20.3 Å². The quantitative estimate of drug-likeness (QED) is 0.473. The number of nitrogens with zero attached hydrogens (tertiary/aromatic N) is 4. The van der Waals surface area contributed by atoms with Crippen molar-refractivity contribution in [1.29, 1.82) is 0 Å². The number of fused-ring (bicyclic) bond motifs is 1. The maximum Gasteiger partial charge on any atom is 0.269 e. The van der Waals surface area contributed by atoms with Crippen molar-refractivity contribution < 1.29 is 18.9 Å². The fourth-order valence-electron chi connectivity index (χ4n) is 2.95. The van der Waals surface area contributed by atoms with Crippen molar-refractivity contribution in [2.24, 2.45) is 0 Å². The van der Waals surface area contributed by atoms with E-state index in [1.54, 1.807) is 12.1 Å². The van der Waals surface area contributed by atoms with Gasteiger partial charge >= 0.3 is 0 Å². The summed E-state index contributed by atoms with van der Waals surface area (Å²) in [5, 5.41) is 14.7. The molecule has 1 aromatic heterocycles. The molecule has 2 aromatic carbocycles. The lowest BCUT2D eigenvalue weighted by atomic mass is 10.2. The number of benzene rings is 2. The number of rotatable bonds is 6. The van der Waals surface area contributed by atoms with Crippen LogP contribution in [0.15, 0.2) is 47.0 Å². The second-order valence-electron chi connectivity index (χ2n) is 6.47. The minimum Gasteiger partial charge on any atom is -0.486 e. The van der Waals surface area contributed by atoms with Crippen LogP contribution in [0.5, 0.6) is 11.5 Å². The first-order valence-electron chi connectivity index (χ1n) is 8.73. The molecule has 0 aliphatic carbocycles. The lowest BCUT2D eigenvalue weighted by Crippen LogP contribution is -2.18. The van der Waals surface area contributed by atoms with E-state index >= 15 is 0 Å². The van der Waals surface area contributed by atoms with Crippen molar-refractivity contribution in [3.8, 4) is 22.9 Å². The van der Waals surface area contributed by atoms with E-state index in [2.05, 4.69) is 10.1 Å². The van der Waals surface area contributed by atoms with Crippen LogP contribution in [0.1, 0.15) is 11.5 Å². The number of nitro groups is 1. The van der Waals surface area contributed by atoms with Crippen molar-refractivity contribution in [1.82, 2.24) is 15.0 Å². The first-order chi connectivity index (χ1) is 13.6. The topological polar surface area (TPSA) is 104 Å².